The second-order valence-electron chi connectivity index (χ2n) is 6.05. The van der Waals surface area contributed by atoms with Crippen molar-refractivity contribution in [3.63, 3.8) is 0 Å². The summed E-state index contributed by atoms with van der Waals surface area (Å²) in [5.74, 6) is 0.857. The molecule has 0 aromatic heterocycles. The molecule has 2 aromatic rings. The standard InChI is InChI=1S/C20H21ClN2O3S/c1-2-26-17-6-4-3-5-14(17)20(25)22-12-19(24)23-16-9-10-27-18-8-7-13(21)11-15(16)18/h3-8,11,16H,2,9-10,12H2,1H3,(H,22,25)(H,23,24). The van der Waals surface area contributed by atoms with Crippen LogP contribution in [0.15, 0.2) is 47.4 Å². The van der Waals surface area contributed by atoms with Gasteiger partial charge >= 0.3 is 0 Å². The van der Waals surface area contributed by atoms with E-state index in [1.165, 1.54) is 0 Å². The van der Waals surface area contributed by atoms with Crippen LogP contribution in [-0.2, 0) is 4.79 Å². The lowest BCUT2D eigenvalue weighted by atomic mass is 10.0. The molecule has 7 heteroatoms. The van der Waals surface area contributed by atoms with Crippen LogP contribution >= 0.6 is 23.4 Å². The van der Waals surface area contributed by atoms with Gasteiger partial charge in [-0.2, -0.15) is 0 Å². The molecule has 2 N–H and O–H groups in total. The smallest absolute Gasteiger partial charge is 0.255 e. The number of hydrogen-bond donors (Lipinski definition) is 2. The molecule has 0 saturated carbocycles. The van der Waals surface area contributed by atoms with E-state index in [-0.39, 0.29) is 24.4 Å². The van der Waals surface area contributed by atoms with Crippen molar-refractivity contribution in [1.29, 1.82) is 0 Å². The van der Waals surface area contributed by atoms with E-state index in [4.69, 9.17) is 16.3 Å². The number of nitrogens with one attached hydrogen (secondary N) is 2. The minimum atomic E-state index is -0.336. The number of hydrogen-bond acceptors (Lipinski definition) is 4. The fourth-order valence-electron chi connectivity index (χ4n) is 2.95. The number of fused-ring (bicyclic) bond motifs is 1. The molecule has 142 valence electrons. The quantitative estimate of drug-likeness (QED) is 0.768. The first kappa shape index (κ1) is 19.6. The lowest BCUT2D eigenvalue weighted by Crippen LogP contribution is -2.39. The van der Waals surface area contributed by atoms with E-state index in [2.05, 4.69) is 10.6 Å². The summed E-state index contributed by atoms with van der Waals surface area (Å²) in [4.78, 5) is 25.9. The Bertz CT molecular complexity index is 844. The molecule has 0 radical (unpaired) electrons. The van der Waals surface area contributed by atoms with Crippen LogP contribution < -0.4 is 15.4 Å². The average molecular weight is 405 g/mol. The van der Waals surface area contributed by atoms with E-state index in [9.17, 15) is 9.59 Å². The number of ether oxygens (including phenoxy) is 1. The third kappa shape index (κ3) is 4.96. The summed E-state index contributed by atoms with van der Waals surface area (Å²) in [5, 5.41) is 6.30. The number of amides is 2. The fourth-order valence-corrected chi connectivity index (χ4v) is 4.24. The molecule has 1 unspecified atom stereocenters. The molecule has 5 nitrogen and oxygen atoms in total. The van der Waals surface area contributed by atoms with Gasteiger partial charge in [-0.1, -0.05) is 23.7 Å². The Kier molecular flexibility index (Phi) is 6.63. The van der Waals surface area contributed by atoms with Gasteiger partial charge in [-0.05, 0) is 49.2 Å². The van der Waals surface area contributed by atoms with Crippen molar-refractivity contribution in [3.8, 4) is 5.75 Å². The second-order valence-corrected chi connectivity index (χ2v) is 7.62. The third-order valence-electron chi connectivity index (χ3n) is 4.19. The predicted octanol–water partition coefficient (Wildman–Crippen LogP) is 3.82. The molecule has 0 bridgehead atoms. The van der Waals surface area contributed by atoms with Crippen LogP contribution in [0.4, 0.5) is 0 Å². The second kappa shape index (κ2) is 9.15. The first-order chi connectivity index (χ1) is 13.1. The maximum atomic E-state index is 12.4. The molecule has 1 atom stereocenters. The average Bonchev–Trinajstić information content (AvgIpc) is 2.67. The van der Waals surface area contributed by atoms with Crippen molar-refractivity contribution in [2.75, 3.05) is 18.9 Å². The van der Waals surface area contributed by atoms with Gasteiger partial charge in [0, 0.05) is 15.7 Å². The fraction of sp³-hybridized carbons (Fsp3) is 0.300. The summed E-state index contributed by atoms with van der Waals surface area (Å²) in [6.07, 6.45) is 0.824. The summed E-state index contributed by atoms with van der Waals surface area (Å²) in [5.41, 5.74) is 1.44. The van der Waals surface area contributed by atoms with E-state index in [0.29, 0.717) is 22.9 Å². The molecule has 2 amide bonds. The first-order valence-corrected chi connectivity index (χ1v) is 10.2. The molecule has 3 rings (SSSR count). The van der Waals surface area contributed by atoms with Gasteiger partial charge in [-0.3, -0.25) is 9.59 Å². The van der Waals surface area contributed by atoms with Crippen molar-refractivity contribution >= 4 is 35.2 Å². The van der Waals surface area contributed by atoms with Gasteiger partial charge in [-0.25, -0.2) is 0 Å². The Morgan fingerprint density at radius 1 is 1.26 bits per heavy atom. The Morgan fingerprint density at radius 3 is 2.89 bits per heavy atom. The Morgan fingerprint density at radius 2 is 2.07 bits per heavy atom. The first-order valence-electron chi connectivity index (χ1n) is 8.80. The van der Waals surface area contributed by atoms with Gasteiger partial charge < -0.3 is 15.4 Å². The van der Waals surface area contributed by atoms with E-state index >= 15 is 0 Å². The van der Waals surface area contributed by atoms with Crippen LogP contribution in [0.3, 0.4) is 0 Å². The molecule has 1 aliphatic heterocycles. The lowest BCUT2D eigenvalue weighted by molar-refractivity contribution is -0.120. The highest BCUT2D eigenvalue weighted by molar-refractivity contribution is 7.99. The Balaban J connectivity index is 1.60. The van der Waals surface area contributed by atoms with Crippen LogP contribution in [0.2, 0.25) is 5.02 Å². The lowest BCUT2D eigenvalue weighted by Gasteiger charge is -2.26. The molecular weight excluding hydrogens is 384 g/mol. The zero-order valence-electron chi connectivity index (χ0n) is 15.0. The summed E-state index contributed by atoms with van der Waals surface area (Å²) >= 11 is 7.86. The molecule has 0 aliphatic carbocycles. The van der Waals surface area contributed by atoms with Gasteiger partial charge in [0.15, 0.2) is 0 Å². The highest BCUT2D eigenvalue weighted by Crippen LogP contribution is 2.37. The van der Waals surface area contributed by atoms with E-state index in [0.717, 1.165) is 22.6 Å². The van der Waals surface area contributed by atoms with Gasteiger partial charge in [0.1, 0.15) is 5.75 Å². The number of para-hydroxylation sites is 1. The minimum absolute atomic E-state index is 0.0972. The van der Waals surface area contributed by atoms with Crippen molar-refractivity contribution in [3.05, 3.63) is 58.6 Å². The third-order valence-corrected chi connectivity index (χ3v) is 5.55. The molecule has 0 fully saturated rings. The Labute approximate surface area is 167 Å². The number of thioether (sulfide) groups is 1. The van der Waals surface area contributed by atoms with Crippen LogP contribution in [-0.4, -0.2) is 30.7 Å². The highest BCUT2D eigenvalue weighted by atomic mass is 35.5. The van der Waals surface area contributed by atoms with Crippen LogP contribution in [0.25, 0.3) is 0 Å². The molecule has 1 aliphatic rings. The number of benzene rings is 2. The van der Waals surface area contributed by atoms with Crippen molar-refractivity contribution in [1.82, 2.24) is 10.6 Å². The summed E-state index contributed by atoms with van der Waals surface area (Å²) < 4.78 is 5.46. The summed E-state index contributed by atoms with van der Waals surface area (Å²) in [6.45, 7) is 2.22. The number of rotatable bonds is 6. The van der Waals surface area contributed by atoms with Gasteiger partial charge in [0.2, 0.25) is 5.91 Å². The summed E-state index contributed by atoms with van der Waals surface area (Å²) in [7, 11) is 0. The maximum absolute atomic E-state index is 12.4. The number of carbonyl (C=O) groups is 2. The van der Waals surface area contributed by atoms with E-state index in [1.54, 1.807) is 36.0 Å². The predicted molar refractivity (Wildman–Crippen MR) is 108 cm³/mol. The largest absolute Gasteiger partial charge is 0.493 e. The number of carbonyl (C=O) groups excluding carboxylic acids is 2. The van der Waals surface area contributed by atoms with Gasteiger partial charge in [0.25, 0.3) is 5.91 Å². The SMILES string of the molecule is CCOc1ccccc1C(=O)NCC(=O)NC1CCSc2ccc(Cl)cc21. The minimum Gasteiger partial charge on any atom is -0.493 e. The van der Waals surface area contributed by atoms with Crippen molar-refractivity contribution < 1.29 is 14.3 Å². The monoisotopic (exact) mass is 404 g/mol. The highest BCUT2D eigenvalue weighted by Gasteiger charge is 2.23. The summed E-state index contributed by atoms with van der Waals surface area (Å²) in [6, 6.07) is 12.6. The maximum Gasteiger partial charge on any atom is 0.255 e. The zero-order chi connectivity index (χ0) is 19.2. The topological polar surface area (TPSA) is 67.4 Å². The van der Waals surface area contributed by atoms with Crippen LogP contribution in [0.5, 0.6) is 5.75 Å². The van der Waals surface area contributed by atoms with Crippen LogP contribution in [0, 0.1) is 0 Å². The van der Waals surface area contributed by atoms with Gasteiger partial charge in [0.05, 0.1) is 24.8 Å². The zero-order valence-corrected chi connectivity index (χ0v) is 16.5. The molecule has 2 aromatic carbocycles. The molecule has 0 saturated heterocycles. The molecular formula is C20H21ClN2O3S. The molecule has 27 heavy (non-hydrogen) atoms. The molecule has 0 spiro atoms. The van der Waals surface area contributed by atoms with E-state index < -0.39 is 0 Å². The van der Waals surface area contributed by atoms with Gasteiger partial charge in [-0.15, -0.1) is 11.8 Å². The normalized spacial score (nSPS) is 15.6. The van der Waals surface area contributed by atoms with Crippen LogP contribution in [0.1, 0.15) is 35.3 Å². The Hall–Kier alpha value is -2.18. The number of halogens is 1. The molecule has 1 heterocycles. The van der Waals surface area contributed by atoms with Crippen molar-refractivity contribution in [2.45, 2.75) is 24.3 Å². The van der Waals surface area contributed by atoms with E-state index in [1.807, 2.05) is 25.1 Å². The van der Waals surface area contributed by atoms with Crippen molar-refractivity contribution in [2.24, 2.45) is 0 Å².